The fourth-order valence-electron chi connectivity index (χ4n) is 2.11. The molecule has 5 nitrogen and oxygen atoms in total. The lowest BCUT2D eigenvalue weighted by Crippen LogP contribution is -2.27. The summed E-state index contributed by atoms with van der Waals surface area (Å²) >= 11 is 0. The zero-order chi connectivity index (χ0) is 15.8. The Morgan fingerprint density at radius 3 is 2.43 bits per heavy atom. The van der Waals surface area contributed by atoms with Crippen LogP contribution < -0.4 is 15.2 Å². The molecule has 0 bridgehead atoms. The molecule has 0 spiro atoms. The zero-order valence-electron chi connectivity index (χ0n) is 13.4. The van der Waals surface area contributed by atoms with Crippen LogP contribution in [0, 0.1) is 0 Å². The molecule has 0 saturated heterocycles. The van der Waals surface area contributed by atoms with Gasteiger partial charge in [0.05, 0.1) is 14.2 Å². The Kier molecular flexibility index (Phi) is 6.85. The smallest absolute Gasteiger partial charge is 0.222 e. The van der Waals surface area contributed by atoms with Crippen LogP contribution >= 0.6 is 0 Å². The molecule has 0 unspecified atom stereocenters. The monoisotopic (exact) mass is 294 g/mol. The van der Waals surface area contributed by atoms with Crippen LogP contribution in [0.1, 0.15) is 31.7 Å². The van der Waals surface area contributed by atoms with E-state index in [1.54, 1.807) is 25.2 Å². The van der Waals surface area contributed by atoms with Crippen molar-refractivity contribution in [3.05, 3.63) is 17.7 Å². The Morgan fingerprint density at radius 1 is 1.24 bits per heavy atom. The number of nitrogen functional groups attached to an aromatic ring is 1. The Labute approximate surface area is 127 Å². The summed E-state index contributed by atoms with van der Waals surface area (Å²) in [5, 5.41) is 0. The van der Waals surface area contributed by atoms with E-state index in [0.717, 1.165) is 24.9 Å². The van der Waals surface area contributed by atoms with Crippen molar-refractivity contribution in [1.82, 2.24) is 4.90 Å². The van der Waals surface area contributed by atoms with Gasteiger partial charge in [-0.25, -0.2) is 0 Å². The first-order valence-corrected chi connectivity index (χ1v) is 7.27. The molecular formula is C16H26N2O3. The van der Waals surface area contributed by atoms with Gasteiger partial charge in [0.15, 0.2) is 11.5 Å². The van der Waals surface area contributed by atoms with E-state index in [1.165, 1.54) is 0 Å². The second kappa shape index (κ2) is 8.39. The molecule has 2 N–H and O–H groups in total. The molecule has 1 aromatic rings. The third-order valence-electron chi connectivity index (χ3n) is 3.53. The van der Waals surface area contributed by atoms with Crippen molar-refractivity contribution in [3.63, 3.8) is 0 Å². The van der Waals surface area contributed by atoms with E-state index in [9.17, 15) is 4.79 Å². The summed E-state index contributed by atoms with van der Waals surface area (Å²) in [6, 6.07) is 3.58. The van der Waals surface area contributed by atoms with Gasteiger partial charge in [0.1, 0.15) is 0 Å². The van der Waals surface area contributed by atoms with Crippen molar-refractivity contribution in [2.75, 3.05) is 33.5 Å². The minimum absolute atomic E-state index is 0.137. The van der Waals surface area contributed by atoms with Gasteiger partial charge >= 0.3 is 0 Å². The maximum Gasteiger partial charge on any atom is 0.222 e. The first-order valence-electron chi connectivity index (χ1n) is 7.27. The van der Waals surface area contributed by atoms with E-state index in [1.807, 2.05) is 13.1 Å². The van der Waals surface area contributed by atoms with E-state index in [2.05, 4.69) is 6.92 Å². The van der Waals surface area contributed by atoms with Crippen LogP contribution in [0.2, 0.25) is 0 Å². The molecule has 0 aliphatic heterocycles. The van der Waals surface area contributed by atoms with Crippen LogP contribution in [0.3, 0.4) is 0 Å². The topological polar surface area (TPSA) is 64.8 Å². The van der Waals surface area contributed by atoms with E-state index < -0.39 is 0 Å². The van der Waals surface area contributed by atoms with Crippen molar-refractivity contribution < 1.29 is 14.3 Å². The number of amides is 1. The van der Waals surface area contributed by atoms with Gasteiger partial charge in [-0.1, -0.05) is 13.3 Å². The normalized spacial score (nSPS) is 10.3. The molecule has 1 aromatic carbocycles. The predicted molar refractivity (Wildman–Crippen MR) is 84.8 cm³/mol. The van der Waals surface area contributed by atoms with Crippen molar-refractivity contribution in [1.29, 1.82) is 0 Å². The fourth-order valence-corrected chi connectivity index (χ4v) is 2.11. The van der Waals surface area contributed by atoms with Crippen LogP contribution in [0.15, 0.2) is 12.1 Å². The number of ether oxygens (including phenoxy) is 2. The third kappa shape index (κ3) is 4.85. The molecule has 0 aliphatic rings. The fraction of sp³-hybridized carbons (Fsp3) is 0.562. The summed E-state index contributed by atoms with van der Waals surface area (Å²) in [6.07, 6.45) is 3.16. The number of nitrogens with zero attached hydrogens (tertiary/aromatic N) is 1. The lowest BCUT2D eigenvalue weighted by Gasteiger charge is -2.17. The number of anilines is 1. The second-order valence-corrected chi connectivity index (χ2v) is 5.07. The maximum atomic E-state index is 12.0. The highest BCUT2D eigenvalue weighted by Gasteiger charge is 2.12. The van der Waals surface area contributed by atoms with Crippen LogP contribution in [0.5, 0.6) is 11.5 Å². The molecule has 0 radical (unpaired) electrons. The van der Waals surface area contributed by atoms with Crippen molar-refractivity contribution in [2.45, 2.75) is 32.6 Å². The van der Waals surface area contributed by atoms with Crippen LogP contribution in [-0.4, -0.2) is 38.6 Å². The number of carbonyl (C=O) groups is 1. The largest absolute Gasteiger partial charge is 0.493 e. The number of unbranched alkanes of at least 4 members (excludes halogenated alkanes) is 1. The predicted octanol–water partition coefficient (Wildman–Crippen LogP) is 2.48. The van der Waals surface area contributed by atoms with Gasteiger partial charge in [-0.15, -0.1) is 0 Å². The Balaban J connectivity index is 2.69. The summed E-state index contributed by atoms with van der Waals surface area (Å²) in [6.45, 7) is 2.92. The number of methoxy groups -OCH3 is 2. The van der Waals surface area contributed by atoms with E-state index >= 15 is 0 Å². The molecule has 0 aromatic heterocycles. The average molecular weight is 294 g/mol. The van der Waals surface area contributed by atoms with E-state index in [0.29, 0.717) is 30.0 Å². The van der Waals surface area contributed by atoms with Gasteiger partial charge in [-0.3, -0.25) is 4.79 Å². The average Bonchev–Trinajstić information content (AvgIpc) is 2.50. The Bertz CT molecular complexity index is 475. The first kappa shape index (κ1) is 17.1. The quantitative estimate of drug-likeness (QED) is 0.748. The standard InChI is InChI=1S/C16H26N2O3/c1-5-6-9-18(2)16(19)8-7-12-10-14(20-3)15(21-4)11-13(12)17/h10-11H,5-9,17H2,1-4H3. The lowest BCUT2D eigenvalue weighted by atomic mass is 10.1. The van der Waals surface area contributed by atoms with Crippen molar-refractivity contribution >= 4 is 11.6 Å². The molecule has 0 fully saturated rings. The molecule has 0 saturated carbocycles. The third-order valence-corrected chi connectivity index (χ3v) is 3.53. The molecular weight excluding hydrogens is 268 g/mol. The minimum Gasteiger partial charge on any atom is -0.493 e. The summed E-state index contributed by atoms with van der Waals surface area (Å²) in [7, 11) is 5.00. The molecule has 0 aliphatic carbocycles. The number of hydrogen-bond donors (Lipinski definition) is 1. The molecule has 21 heavy (non-hydrogen) atoms. The van der Waals surface area contributed by atoms with E-state index in [4.69, 9.17) is 15.2 Å². The number of benzene rings is 1. The lowest BCUT2D eigenvalue weighted by molar-refractivity contribution is -0.129. The van der Waals surface area contributed by atoms with Crippen LogP contribution in [-0.2, 0) is 11.2 Å². The van der Waals surface area contributed by atoms with Gasteiger partial charge in [0, 0.05) is 31.8 Å². The van der Waals surface area contributed by atoms with Gasteiger partial charge < -0.3 is 20.1 Å². The second-order valence-electron chi connectivity index (χ2n) is 5.07. The molecule has 0 atom stereocenters. The van der Waals surface area contributed by atoms with Gasteiger partial charge in [-0.05, 0) is 24.5 Å². The highest BCUT2D eigenvalue weighted by Crippen LogP contribution is 2.32. The van der Waals surface area contributed by atoms with Gasteiger partial charge in [-0.2, -0.15) is 0 Å². The highest BCUT2D eigenvalue weighted by atomic mass is 16.5. The Hall–Kier alpha value is -1.91. The number of aryl methyl sites for hydroxylation is 1. The summed E-state index contributed by atoms with van der Waals surface area (Å²) < 4.78 is 10.5. The summed E-state index contributed by atoms with van der Waals surface area (Å²) in [5.74, 6) is 1.37. The van der Waals surface area contributed by atoms with Gasteiger partial charge in [0.25, 0.3) is 0 Å². The van der Waals surface area contributed by atoms with Crippen molar-refractivity contribution in [3.8, 4) is 11.5 Å². The van der Waals surface area contributed by atoms with E-state index in [-0.39, 0.29) is 5.91 Å². The first-order chi connectivity index (χ1) is 10.0. The minimum atomic E-state index is 0.137. The number of nitrogens with two attached hydrogens (primary N) is 1. The Morgan fingerprint density at radius 2 is 1.86 bits per heavy atom. The summed E-state index contributed by atoms with van der Waals surface area (Å²) in [5.41, 5.74) is 7.53. The highest BCUT2D eigenvalue weighted by molar-refractivity contribution is 5.76. The molecule has 1 amide bonds. The number of hydrogen-bond acceptors (Lipinski definition) is 4. The molecule has 118 valence electrons. The number of carbonyl (C=O) groups excluding carboxylic acids is 1. The molecule has 0 heterocycles. The van der Waals surface area contributed by atoms with Crippen molar-refractivity contribution in [2.24, 2.45) is 0 Å². The van der Waals surface area contributed by atoms with Crippen LogP contribution in [0.4, 0.5) is 5.69 Å². The maximum absolute atomic E-state index is 12.0. The zero-order valence-corrected chi connectivity index (χ0v) is 13.4. The number of rotatable bonds is 8. The SMILES string of the molecule is CCCCN(C)C(=O)CCc1cc(OC)c(OC)cc1N. The molecule has 5 heteroatoms. The summed E-state index contributed by atoms with van der Waals surface area (Å²) in [4.78, 5) is 13.8. The van der Waals surface area contributed by atoms with Crippen LogP contribution in [0.25, 0.3) is 0 Å². The van der Waals surface area contributed by atoms with Gasteiger partial charge in [0.2, 0.25) is 5.91 Å². The molecule has 1 rings (SSSR count).